The van der Waals surface area contributed by atoms with E-state index in [2.05, 4.69) is 44.0 Å². The van der Waals surface area contributed by atoms with Crippen molar-refractivity contribution < 1.29 is 4.74 Å². The number of hydrogen-bond acceptors (Lipinski definition) is 2. The van der Waals surface area contributed by atoms with Crippen LogP contribution in [0.25, 0.3) is 0 Å². The summed E-state index contributed by atoms with van der Waals surface area (Å²) in [4.78, 5) is 2.35. The van der Waals surface area contributed by atoms with Crippen molar-refractivity contribution in [2.45, 2.75) is 38.8 Å². The van der Waals surface area contributed by atoms with E-state index in [1.165, 1.54) is 5.69 Å². The summed E-state index contributed by atoms with van der Waals surface area (Å²) >= 11 is 0. The van der Waals surface area contributed by atoms with Crippen LogP contribution in [-0.4, -0.2) is 19.2 Å². The highest BCUT2D eigenvalue weighted by Gasteiger charge is 2.30. The van der Waals surface area contributed by atoms with Crippen molar-refractivity contribution in [1.29, 1.82) is 0 Å². The van der Waals surface area contributed by atoms with Crippen LogP contribution in [0.4, 0.5) is 5.69 Å². The van der Waals surface area contributed by atoms with Gasteiger partial charge in [-0.25, -0.2) is 0 Å². The van der Waals surface area contributed by atoms with Gasteiger partial charge in [0.25, 0.3) is 0 Å². The molecule has 2 unspecified atom stereocenters. The maximum Gasteiger partial charge on any atom is 0.143 e. The van der Waals surface area contributed by atoms with Crippen LogP contribution in [0.3, 0.4) is 0 Å². The van der Waals surface area contributed by atoms with Crippen molar-refractivity contribution >= 4 is 5.69 Å². The van der Waals surface area contributed by atoms with Crippen molar-refractivity contribution in [2.75, 3.05) is 11.9 Å². The molecule has 0 N–H and O–H groups in total. The quantitative estimate of drug-likeness (QED) is 0.735. The Kier molecular flexibility index (Phi) is 2.85. The first-order valence-electron chi connectivity index (χ1n) is 5.76. The molecule has 15 heavy (non-hydrogen) atoms. The molecule has 0 aliphatic carbocycles. The monoisotopic (exact) mass is 205 g/mol. The van der Waals surface area contributed by atoms with Crippen molar-refractivity contribution in [3.63, 3.8) is 0 Å². The van der Waals surface area contributed by atoms with E-state index in [9.17, 15) is 0 Å². The van der Waals surface area contributed by atoms with Crippen LogP contribution in [0.15, 0.2) is 24.3 Å². The minimum Gasteiger partial charge on any atom is -0.486 e. The lowest BCUT2D eigenvalue weighted by Crippen LogP contribution is -2.47. The van der Waals surface area contributed by atoms with E-state index in [0.717, 1.165) is 18.6 Å². The Bertz CT molecular complexity index is 337. The molecular weight excluding hydrogens is 186 g/mol. The second kappa shape index (κ2) is 4.13. The molecule has 0 radical (unpaired) electrons. The minimum absolute atomic E-state index is 0.329. The van der Waals surface area contributed by atoms with Gasteiger partial charge in [-0.2, -0.15) is 0 Å². The van der Waals surface area contributed by atoms with E-state index in [1.54, 1.807) is 0 Å². The Morgan fingerprint density at radius 2 is 1.93 bits per heavy atom. The average Bonchev–Trinajstić information content (AvgIpc) is 2.29. The molecule has 0 amide bonds. The van der Waals surface area contributed by atoms with Gasteiger partial charge in [0.1, 0.15) is 11.9 Å². The Morgan fingerprint density at radius 3 is 2.60 bits per heavy atom. The summed E-state index contributed by atoms with van der Waals surface area (Å²) in [6.45, 7) is 4.41. The first-order valence-corrected chi connectivity index (χ1v) is 5.76. The summed E-state index contributed by atoms with van der Waals surface area (Å²) in [5, 5.41) is 0. The Morgan fingerprint density at radius 1 is 1.20 bits per heavy atom. The number of anilines is 1. The number of hydrogen-bond donors (Lipinski definition) is 0. The van der Waals surface area contributed by atoms with Crippen LogP contribution in [0.2, 0.25) is 0 Å². The summed E-state index contributed by atoms with van der Waals surface area (Å²) in [6, 6.07) is 8.79. The van der Waals surface area contributed by atoms with E-state index < -0.39 is 0 Å². The van der Waals surface area contributed by atoms with Gasteiger partial charge >= 0.3 is 0 Å². The van der Waals surface area contributed by atoms with Crippen molar-refractivity contribution in [3.05, 3.63) is 24.3 Å². The van der Waals surface area contributed by atoms with Crippen LogP contribution in [0, 0.1) is 0 Å². The van der Waals surface area contributed by atoms with Gasteiger partial charge in [0, 0.05) is 7.05 Å². The largest absolute Gasteiger partial charge is 0.486 e. The number of benzene rings is 1. The fourth-order valence-electron chi connectivity index (χ4n) is 2.41. The molecule has 0 saturated carbocycles. The zero-order valence-corrected chi connectivity index (χ0v) is 9.73. The van der Waals surface area contributed by atoms with Crippen LogP contribution in [0.5, 0.6) is 5.75 Å². The summed E-state index contributed by atoms with van der Waals surface area (Å²) in [6.07, 6.45) is 2.52. The summed E-state index contributed by atoms with van der Waals surface area (Å²) < 4.78 is 6.01. The van der Waals surface area contributed by atoms with Gasteiger partial charge in [-0.05, 0) is 25.0 Å². The predicted octanol–water partition coefficient (Wildman–Crippen LogP) is 3.07. The highest BCUT2D eigenvalue weighted by atomic mass is 16.5. The van der Waals surface area contributed by atoms with Gasteiger partial charge in [-0.15, -0.1) is 0 Å². The number of fused-ring (bicyclic) bond motifs is 1. The number of ether oxygens (including phenoxy) is 1. The number of rotatable bonds is 2. The maximum absolute atomic E-state index is 6.01. The van der Waals surface area contributed by atoms with Gasteiger partial charge in [-0.1, -0.05) is 26.0 Å². The molecule has 1 heterocycles. The molecule has 1 aromatic rings. The van der Waals surface area contributed by atoms with Crippen LogP contribution >= 0.6 is 0 Å². The van der Waals surface area contributed by atoms with Crippen LogP contribution in [0.1, 0.15) is 26.7 Å². The van der Waals surface area contributed by atoms with Crippen molar-refractivity contribution in [2.24, 2.45) is 0 Å². The number of para-hydroxylation sites is 2. The molecule has 2 atom stereocenters. The van der Waals surface area contributed by atoms with E-state index in [-0.39, 0.29) is 0 Å². The topological polar surface area (TPSA) is 12.5 Å². The first-order chi connectivity index (χ1) is 7.27. The standard InChI is InChI=1S/C13H19NO/c1-4-10-12(5-2)15-13-9-7-6-8-11(13)14(10)3/h6-10,12H,4-5H2,1-3H3. The zero-order chi connectivity index (χ0) is 10.8. The molecule has 1 aliphatic rings. The maximum atomic E-state index is 6.01. The van der Waals surface area contributed by atoms with Gasteiger partial charge in [0.05, 0.1) is 11.7 Å². The molecular formula is C13H19NO. The van der Waals surface area contributed by atoms with Gasteiger partial charge < -0.3 is 9.64 Å². The van der Waals surface area contributed by atoms with E-state index in [4.69, 9.17) is 4.74 Å². The minimum atomic E-state index is 0.329. The van der Waals surface area contributed by atoms with E-state index in [0.29, 0.717) is 12.1 Å². The zero-order valence-electron chi connectivity index (χ0n) is 9.73. The van der Waals surface area contributed by atoms with Crippen LogP contribution in [-0.2, 0) is 0 Å². The highest BCUT2D eigenvalue weighted by Crippen LogP contribution is 2.36. The second-order valence-electron chi connectivity index (χ2n) is 4.12. The second-order valence-corrected chi connectivity index (χ2v) is 4.12. The molecule has 1 aromatic carbocycles. The lowest BCUT2D eigenvalue weighted by molar-refractivity contribution is 0.147. The Labute approximate surface area is 91.9 Å². The average molecular weight is 205 g/mol. The molecule has 2 nitrogen and oxygen atoms in total. The lowest BCUT2D eigenvalue weighted by Gasteiger charge is -2.41. The lowest BCUT2D eigenvalue weighted by atomic mass is 10.0. The smallest absolute Gasteiger partial charge is 0.143 e. The third kappa shape index (κ3) is 1.69. The third-order valence-electron chi connectivity index (χ3n) is 3.27. The van der Waals surface area contributed by atoms with Gasteiger partial charge in [0.15, 0.2) is 0 Å². The molecule has 2 rings (SSSR count). The van der Waals surface area contributed by atoms with Crippen molar-refractivity contribution in [1.82, 2.24) is 0 Å². The highest BCUT2D eigenvalue weighted by molar-refractivity contribution is 5.60. The fourth-order valence-corrected chi connectivity index (χ4v) is 2.41. The van der Waals surface area contributed by atoms with E-state index in [1.807, 2.05) is 6.07 Å². The number of nitrogens with zero attached hydrogens (tertiary/aromatic N) is 1. The van der Waals surface area contributed by atoms with Crippen LogP contribution < -0.4 is 9.64 Å². The fraction of sp³-hybridized carbons (Fsp3) is 0.538. The molecule has 0 saturated heterocycles. The number of likely N-dealkylation sites (N-methyl/N-ethyl adjacent to an activating group) is 1. The molecule has 0 fully saturated rings. The Balaban J connectivity index is 2.36. The molecule has 1 aliphatic heterocycles. The normalized spacial score (nSPS) is 24.6. The predicted molar refractivity (Wildman–Crippen MR) is 63.6 cm³/mol. The van der Waals surface area contributed by atoms with Gasteiger partial charge in [-0.3, -0.25) is 0 Å². The molecule has 0 spiro atoms. The summed E-state index contributed by atoms with van der Waals surface area (Å²) in [5.74, 6) is 1.02. The summed E-state index contributed by atoms with van der Waals surface area (Å²) in [5.41, 5.74) is 1.22. The van der Waals surface area contributed by atoms with Gasteiger partial charge in [0.2, 0.25) is 0 Å². The van der Waals surface area contributed by atoms with Crippen molar-refractivity contribution in [3.8, 4) is 5.75 Å². The third-order valence-corrected chi connectivity index (χ3v) is 3.27. The molecule has 0 aromatic heterocycles. The summed E-state index contributed by atoms with van der Waals surface area (Å²) in [7, 11) is 2.16. The SMILES string of the molecule is CCC1Oc2ccccc2N(C)C1CC. The molecule has 2 heteroatoms. The molecule has 0 bridgehead atoms. The first kappa shape index (κ1) is 10.3. The molecule has 82 valence electrons. The Hall–Kier alpha value is -1.18. The van der Waals surface area contributed by atoms with E-state index >= 15 is 0 Å².